The number of carbonyl (C=O) groups is 1. The van der Waals surface area contributed by atoms with Gasteiger partial charge in [0.25, 0.3) is 0 Å². The minimum atomic E-state index is -0.767. The van der Waals surface area contributed by atoms with Gasteiger partial charge >= 0.3 is 5.97 Å². The minimum Gasteiger partial charge on any atom is -0.480 e. The summed E-state index contributed by atoms with van der Waals surface area (Å²) in [6.07, 6.45) is 6.18. The molecule has 0 aliphatic rings. The first-order chi connectivity index (χ1) is 9.50. The first-order valence-corrected chi connectivity index (χ1v) is 8.20. The number of aliphatic carboxylic acids is 1. The van der Waals surface area contributed by atoms with Crippen molar-refractivity contribution in [1.82, 2.24) is 10.2 Å². The molecule has 0 radical (unpaired) electrons. The van der Waals surface area contributed by atoms with Gasteiger partial charge in [0.15, 0.2) is 0 Å². The number of unbranched alkanes of at least 4 members (excludes halogenated alkanes) is 2. The normalized spacial score (nSPS) is 14.4. The average Bonchev–Trinajstić information content (AvgIpc) is 2.44. The highest BCUT2D eigenvalue weighted by Crippen LogP contribution is 2.15. The van der Waals surface area contributed by atoms with Crippen molar-refractivity contribution < 1.29 is 9.90 Å². The van der Waals surface area contributed by atoms with E-state index in [1.807, 2.05) is 0 Å². The lowest BCUT2D eigenvalue weighted by atomic mass is 9.94. The zero-order valence-electron chi connectivity index (χ0n) is 13.9. The van der Waals surface area contributed by atoms with Crippen LogP contribution >= 0.6 is 0 Å². The Morgan fingerprint density at radius 3 is 2.25 bits per heavy atom. The highest BCUT2D eigenvalue weighted by molar-refractivity contribution is 5.78. The van der Waals surface area contributed by atoms with Crippen LogP contribution in [0.1, 0.15) is 66.2 Å². The maximum atomic E-state index is 11.4. The molecule has 1 unspecified atom stereocenters. The summed E-state index contributed by atoms with van der Waals surface area (Å²) in [7, 11) is 0. The van der Waals surface area contributed by atoms with Crippen LogP contribution in [-0.2, 0) is 4.79 Å². The van der Waals surface area contributed by atoms with Gasteiger partial charge in [-0.2, -0.15) is 0 Å². The summed E-state index contributed by atoms with van der Waals surface area (Å²) in [6.45, 7) is 12.4. The van der Waals surface area contributed by atoms with Gasteiger partial charge in [-0.15, -0.1) is 0 Å². The van der Waals surface area contributed by atoms with E-state index in [0.29, 0.717) is 6.42 Å². The number of hydrogen-bond donors (Lipinski definition) is 2. The van der Waals surface area contributed by atoms with E-state index in [1.165, 1.54) is 12.8 Å². The number of carboxylic acids is 1. The van der Waals surface area contributed by atoms with Crippen molar-refractivity contribution in [3.05, 3.63) is 0 Å². The van der Waals surface area contributed by atoms with E-state index in [-0.39, 0.29) is 0 Å². The molecule has 20 heavy (non-hydrogen) atoms. The van der Waals surface area contributed by atoms with Crippen molar-refractivity contribution in [2.45, 2.75) is 71.8 Å². The number of nitrogens with zero attached hydrogens (tertiary/aromatic N) is 1. The predicted octanol–water partition coefficient (Wildman–Crippen LogP) is 3.12. The van der Waals surface area contributed by atoms with E-state index in [1.54, 1.807) is 6.92 Å². The maximum absolute atomic E-state index is 11.4. The summed E-state index contributed by atoms with van der Waals surface area (Å²) in [6, 6.07) is 0. The largest absolute Gasteiger partial charge is 0.480 e. The van der Waals surface area contributed by atoms with Crippen LogP contribution in [0.3, 0.4) is 0 Å². The SMILES string of the molecule is CCCCN(CC)CCCCC(C)(NCCC)C(=O)O. The van der Waals surface area contributed by atoms with Crippen molar-refractivity contribution in [2.24, 2.45) is 0 Å². The molecule has 0 rings (SSSR count). The summed E-state index contributed by atoms with van der Waals surface area (Å²) in [5, 5.41) is 12.5. The molecule has 0 amide bonds. The first kappa shape index (κ1) is 19.4. The molecule has 4 heteroatoms. The second-order valence-corrected chi connectivity index (χ2v) is 5.81. The molecule has 120 valence electrons. The standard InChI is InChI=1S/C16H34N2O2/c1-5-8-13-18(7-3)14-10-9-11-16(4,15(19)20)17-12-6-2/h17H,5-14H2,1-4H3,(H,19,20). The van der Waals surface area contributed by atoms with Crippen LogP contribution < -0.4 is 5.32 Å². The quantitative estimate of drug-likeness (QED) is 0.511. The molecule has 0 heterocycles. The summed E-state index contributed by atoms with van der Waals surface area (Å²) in [4.78, 5) is 13.8. The van der Waals surface area contributed by atoms with Crippen LogP contribution in [0.25, 0.3) is 0 Å². The molecule has 0 aromatic heterocycles. The fraction of sp³-hybridized carbons (Fsp3) is 0.938. The highest BCUT2D eigenvalue weighted by atomic mass is 16.4. The molecule has 0 aromatic rings. The number of nitrogens with one attached hydrogen (secondary N) is 1. The second-order valence-electron chi connectivity index (χ2n) is 5.81. The van der Waals surface area contributed by atoms with Crippen molar-refractivity contribution in [1.29, 1.82) is 0 Å². The Labute approximate surface area is 124 Å². The lowest BCUT2D eigenvalue weighted by Crippen LogP contribution is -2.49. The Bertz CT molecular complexity index is 259. The third kappa shape index (κ3) is 7.85. The molecule has 2 N–H and O–H groups in total. The minimum absolute atomic E-state index is 0.702. The predicted molar refractivity (Wildman–Crippen MR) is 85.2 cm³/mol. The van der Waals surface area contributed by atoms with Gasteiger partial charge in [0.2, 0.25) is 0 Å². The third-order valence-corrected chi connectivity index (χ3v) is 3.91. The molecule has 0 saturated heterocycles. The lowest BCUT2D eigenvalue weighted by Gasteiger charge is -2.27. The Balaban J connectivity index is 4.01. The molecule has 0 aliphatic heterocycles. The molecule has 0 aromatic carbocycles. The van der Waals surface area contributed by atoms with Gasteiger partial charge < -0.3 is 15.3 Å². The van der Waals surface area contributed by atoms with Crippen LogP contribution in [0.2, 0.25) is 0 Å². The van der Waals surface area contributed by atoms with E-state index in [4.69, 9.17) is 0 Å². The topological polar surface area (TPSA) is 52.6 Å². The first-order valence-electron chi connectivity index (χ1n) is 8.20. The zero-order valence-corrected chi connectivity index (χ0v) is 13.9. The van der Waals surface area contributed by atoms with Crippen LogP contribution in [0.5, 0.6) is 0 Å². The molecule has 4 nitrogen and oxygen atoms in total. The van der Waals surface area contributed by atoms with Crippen molar-refractivity contribution in [3.8, 4) is 0 Å². The highest BCUT2D eigenvalue weighted by Gasteiger charge is 2.31. The van der Waals surface area contributed by atoms with Gasteiger partial charge in [-0.1, -0.05) is 27.2 Å². The van der Waals surface area contributed by atoms with Crippen molar-refractivity contribution >= 4 is 5.97 Å². The fourth-order valence-corrected chi connectivity index (χ4v) is 2.30. The molecule has 0 bridgehead atoms. The van der Waals surface area contributed by atoms with Gasteiger partial charge in [0.05, 0.1) is 0 Å². The Morgan fingerprint density at radius 2 is 1.75 bits per heavy atom. The van der Waals surface area contributed by atoms with Gasteiger partial charge in [0, 0.05) is 0 Å². The molecule has 0 saturated carbocycles. The van der Waals surface area contributed by atoms with Crippen molar-refractivity contribution in [2.75, 3.05) is 26.2 Å². The van der Waals surface area contributed by atoms with E-state index in [0.717, 1.165) is 45.4 Å². The van der Waals surface area contributed by atoms with Gasteiger partial charge in [-0.25, -0.2) is 0 Å². The molecule has 0 fully saturated rings. The molecular formula is C16H34N2O2. The van der Waals surface area contributed by atoms with E-state index in [9.17, 15) is 9.90 Å². The lowest BCUT2D eigenvalue weighted by molar-refractivity contribution is -0.144. The average molecular weight is 286 g/mol. The smallest absolute Gasteiger partial charge is 0.323 e. The number of carboxylic acid groups (broad SMARTS) is 1. The summed E-state index contributed by atoms with van der Waals surface area (Å²) in [5.74, 6) is -0.732. The summed E-state index contributed by atoms with van der Waals surface area (Å²) >= 11 is 0. The Morgan fingerprint density at radius 1 is 1.10 bits per heavy atom. The third-order valence-electron chi connectivity index (χ3n) is 3.91. The fourth-order valence-electron chi connectivity index (χ4n) is 2.30. The molecular weight excluding hydrogens is 252 g/mol. The maximum Gasteiger partial charge on any atom is 0.323 e. The van der Waals surface area contributed by atoms with Gasteiger partial charge in [-0.3, -0.25) is 4.79 Å². The van der Waals surface area contributed by atoms with Crippen LogP contribution in [0, 0.1) is 0 Å². The monoisotopic (exact) mass is 286 g/mol. The summed E-state index contributed by atoms with van der Waals surface area (Å²) in [5.41, 5.74) is -0.767. The molecule has 0 spiro atoms. The van der Waals surface area contributed by atoms with Crippen LogP contribution in [0.15, 0.2) is 0 Å². The Hall–Kier alpha value is -0.610. The number of hydrogen-bond acceptors (Lipinski definition) is 3. The number of rotatable bonds is 13. The second kappa shape index (κ2) is 11.1. The molecule has 0 aliphatic carbocycles. The Kier molecular flexibility index (Phi) is 10.8. The van der Waals surface area contributed by atoms with Gasteiger partial charge in [-0.05, 0) is 65.2 Å². The van der Waals surface area contributed by atoms with E-state index in [2.05, 4.69) is 31.0 Å². The van der Waals surface area contributed by atoms with E-state index < -0.39 is 11.5 Å². The summed E-state index contributed by atoms with van der Waals surface area (Å²) < 4.78 is 0. The van der Waals surface area contributed by atoms with Crippen LogP contribution in [0.4, 0.5) is 0 Å². The van der Waals surface area contributed by atoms with E-state index >= 15 is 0 Å². The van der Waals surface area contributed by atoms with Crippen molar-refractivity contribution in [3.63, 3.8) is 0 Å². The van der Waals surface area contributed by atoms with Crippen LogP contribution in [-0.4, -0.2) is 47.7 Å². The van der Waals surface area contributed by atoms with Gasteiger partial charge in [0.1, 0.15) is 5.54 Å². The zero-order chi connectivity index (χ0) is 15.4. The molecule has 1 atom stereocenters.